The van der Waals surface area contributed by atoms with Gasteiger partial charge in [0.25, 0.3) is 0 Å². The van der Waals surface area contributed by atoms with Crippen LogP contribution in [0.1, 0.15) is 29.9 Å². The number of ether oxygens (including phenoxy) is 3. The van der Waals surface area contributed by atoms with Gasteiger partial charge in [-0.25, -0.2) is 4.79 Å². The molecule has 3 rings (SSSR count). The molecule has 0 fully saturated rings. The molecule has 1 atom stereocenters. The first-order valence-electron chi connectivity index (χ1n) is 11.6. The fourth-order valence-electron chi connectivity index (χ4n) is 4.13. The molecule has 0 saturated heterocycles. The Balaban J connectivity index is 1.59. The summed E-state index contributed by atoms with van der Waals surface area (Å²) in [5, 5.41) is 11.6. The van der Waals surface area contributed by atoms with Crippen LogP contribution in [0.15, 0.2) is 48.5 Å². The van der Waals surface area contributed by atoms with Gasteiger partial charge in [-0.15, -0.1) is 0 Å². The molecule has 0 radical (unpaired) electrons. The van der Waals surface area contributed by atoms with Crippen molar-refractivity contribution < 1.29 is 33.7 Å². The Kier molecular flexibility index (Phi) is 9.63. The maximum absolute atomic E-state index is 12.9. The largest absolute Gasteiger partial charge is 0.481 e. The predicted molar refractivity (Wildman–Crippen MR) is 129 cm³/mol. The van der Waals surface area contributed by atoms with Crippen LogP contribution in [0.5, 0.6) is 0 Å². The van der Waals surface area contributed by atoms with Crippen molar-refractivity contribution in [3.8, 4) is 11.1 Å². The third kappa shape index (κ3) is 7.03. The van der Waals surface area contributed by atoms with Gasteiger partial charge in [0.2, 0.25) is 5.91 Å². The van der Waals surface area contributed by atoms with Crippen LogP contribution in [-0.4, -0.2) is 81.1 Å². The van der Waals surface area contributed by atoms with Crippen molar-refractivity contribution in [3.63, 3.8) is 0 Å². The summed E-state index contributed by atoms with van der Waals surface area (Å²) in [5.74, 6) is -1.58. The molecule has 35 heavy (non-hydrogen) atoms. The van der Waals surface area contributed by atoms with Gasteiger partial charge in [0.05, 0.1) is 19.8 Å². The zero-order chi connectivity index (χ0) is 25.2. The second-order valence-electron chi connectivity index (χ2n) is 8.32. The number of aliphatic carboxylic acids is 1. The minimum absolute atomic E-state index is 0.0484. The second kappa shape index (κ2) is 12.9. The minimum Gasteiger partial charge on any atom is -0.481 e. The fraction of sp³-hybridized carbons (Fsp3) is 0.423. The van der Waals surface area contributed by atoms with Crippen LogP contribution in [-0.2, 0) is 23.8 Å². The standard InChI is InChI=1S/C26H32N2O7/c1-28(13-14-34-16-15-33-2)25(31)23(11-12-24(29)30)27-26(32)35-17-22-20-9-5-3-7-18(20)19-8-4-6-10-21(19)22/h3-10,22-23H,11-17H2,1-2H3,(H,27,32)(H,29,30). The summed E-state index contributed by atoms with van der Waals surface area (Å²) in [7, 11) is 3.15. The normalized spacial score (nSPS) is 13.0. The molecule has 2 amide bonds. The van der Waals surface area contributed by atoms with E-state index < -0.39 is 24.0 Å². The van der Waals surface area contributed by atoms with E-state index in [-0.39, 0.29) is 25.4 Å². The van der Waals surface area contributed by atoms with Gasteiger partial charge in [-0.1, -0.05) is 48.5 Å². The summed E-state index contributed by atoms with van der Waals surface area (Å²) in [5.41, 5.74) is 4.38. The van der Waals surface area contributed by atoms with Crippen molar-refractivity contribution in [3.05, 3.63) is 59.7 Å². The van der Waals surface area contributed by atoms with Crippen molar-refractivity contribution in [1.82, 2.24) is 10.2 Å². The van der Waals surface area contributed by atoms with Gasteiger partial charge in [0, 0.05) is 33.0 Å². The highest BCUT2D eigenvalue weighted by atomic mass is 16.5. The van der Waals surface area contributed by atoms with E-state index in [9.17, 15) is 14.4 Å². The van der Waals surface area contributed by atoms with E-state index in [1.807, 2.05) is 48.5 Å². The van der Waals surface area contributed by atoms with Crippen LogP contribution < -0.4 is 5.32 Å². The topological polar surface area (TPSA) is 114 Å². The third-order valence-electron chi connectivity index (χ3n) is 5.96. The second-order valence-corrected chi connectivity index (χ2v) is 8.32. The fourth-order valence-corrected chi connectivity index (χ4v) is 4.13. The average molecular weight is 485 g/mol. The predicted octanol–water partition coefficient (Wildman–Crippen LogP) is 2.88. The summed E-state index contributed by atoms with van der Waals surface area (Å²) in [4.78, 5) is 38.0. The molecule has 0 aromatic heterocycles. The van der Waals surface area contributed by atoms with Crippen LogP contribution in [0.25, 0.3) is 11.1 Å². The Hall–Kier alpha value is -3.43. The molecular weight excluding hydrogens is 452 g/mol. The van der Waals surface area contributed by atoms with Crippen LogP contribution in [0.4, 0.5) is 4.79 Å². The van der Waals surface area contributed by atoms with E-state index in [1.165, 1.54) is 4.90 Å². The van der Waals surface area contributed by atoms with Crippen LogP contribution in [0, 0.1) is 0 Å². The van der Waals surface area contributed by atoms with Crippen LogP contribution >= 0.6 is 0 Å². The Labute approximate surface area is 205 Å². The van der Waals surface area contributed by atoms with Gasteiger partial charge in [-0.05, 0) is 28.7 Å². The number of hydrogen-bond donors (Lipinski definition) is 2. The molecule has 1 unspecified atom stereocenters. The zero-order valence-electron chi connectivity index (χ0n) is 20.1. The van der Waals surface area contributed by atoms with Crippen LogP contribution in [0.3, 0.4) is 0 Å². The Morgan fingerprint density at radius 1 is 1.00 bits per heavy atom. The highest BCUT2D eigenvalue weighted by Gasteiger charge is 2.30. The summed E-state index contributed by atoms with van der Waals surface area (Å²) >= 11 is 0. The third-order valence-corrected chi connectivity index (χ3v) is 5.96. The van der Waals surface area contributed by atoms with Gasteiger partial charge in [0.15, 0.2) is 0 Å². The lowest BCUT2D eigenvalue weighted by Gasteiger charge is -2.24. The number of carboxylic acid groups (broad SMARTS) is 1. The Morgan fingerprint density at radius 3 is 2.23 bits per heavy atom. The van der Waals surface area contributed by atoms with Gasteiger partial charge >= 0.3 is 12.1 Å². The number of fused-ring (bicyclic) bond motifs is 3. The number of rotatable bonds is 13. The van der Waals surface area contributed by atoms with Gasteiger partial charge in [-0.2, -0.15) is 0 Å². The SMILES string of the molecule is COCCOCCN(C)C(=O)C(CCC(=O)O)NC(=O)OCC1c2ccccc2-c2ccccc21. The van der Waals surface area contributed by atoms with Crippen molar-refractivity contribution in [1.29, 1.82) is 0 Å². The van der Waals surface area contributed by atoms with E-state index in [4.69, 9.17) is 19.3 Å². The van der Waals surface area contributed by atoms with E-state index >= 15 is 0 Å². The first-order chi connectivity index (χ1) is 16.9. The molecule has 0 aliphatic heterocycles. The lowest BCUT2D eigenvalue weighted by molar-refractivity contribution is -0.138. The lowest BCUT2D eigenvalue weighted by Crippen LogP contribution is -2.48. The van der Waals surface area contributed by atoms with E-state index in [2.05, 4.69) is 5.32 Å². The Morgan fingerprint density at radius 2 is 1.63 bits per heavy atom. The number of carbonyl (C=O) groups excluding carboxylic acids is 2. The number of likely N-dealkylation sites (N-methyl/N-ethyl adjacent to an activating group) is 1. The highest BCUT2D eigenvalue weighted by Crippen LogP contribution is 2.44. The molecule has 2 N–H and O–H groups in total. The summed E-state index contributed by atoms with van der Waals surface area (Å²) < 4.78 is 15.8. The molecule has 2 aromatic carbocycles. The van der Waals surface area contributed by atoms with Crippen molar-refractivity contribution in [2.45, 2.75) is 24.8 Å². The van der Waals surface area contributed by atoms with E-state index in [0.717, 1.165) is 22.3 Å². The molecule has 1 aliphatic carbocycles. The summed E-state index contributed by atoms with van der Waals surface area (Å²) in [6.07, 6.45) is -1.08. The van der Waals surface area contributed by atoms with Gasteiger partial charge in [0.1, 0.15) is 12.6 Å². The number of hydrogen-bond acceptors (Lipinski definition) is 6. The number of nitrogens with one attached hydrogen (secondary N) is 1. The molecule has 0 bridgehead atoms. The average Bonchev–Trinajstić information content (AvgIpc) is 3.18. The van der Waals surface area contributed by atoms with Crippen molar-refractivity contribution in [2.75, 3.05) is 47.1 Å². The maximum atomic E-state index is 12.9. The monoisotopic (exact) mass is 484 g/mol. The summed E-state index contributed by atoms with van der Waals surface area (Å²) in [6.45, 7) is 1.53. The smallest absolute Gasteiger partial charge is 0.407 e. The zero-order valence-corrected chi connectivity index (χ0v) is 20.1. The van der Waals surface area contributed by atoms with E-state index in [1.54, 1.807) is 14.2 Å². The molecule has 0 spiro atoms. The molecular formula is C26H32N2O7. The molecule has 9 nitrogen and oxygen atoms in total. The Bertz CT molecular complexity index is 981. The lowest BCUT2D eigenvalue weighted by atomic mass is 9.98. The number of alkyl carbamates (subject to hydrolysis) is 1. The maximum Gasteiger partial charge on any atom is 0.407 e. The van der Waals surface area contributed by atoms with Crippen molar-refractivity contribution in [2.24, 2.45) is 0 Å². The number of nitrogens with zero attached hydrogens (tertiary/aromatic N) is 1. The van der Waals surface area contributed by atoms with Crippen LogP contribution in [0.2, 0.25) is 0 Å². The number of carbonyl (C=O) groups is 3. The van der Waals surface area contributed by atoms with E-state index in [0.29, 0.717) is 26.4 Å². The quantitative estimate of drug-likeness (QED) is 0.420. The molecule has 0 heterocycles. The number of benzene rings is 2. The highest BCUT2D eigenvalue weighted by molar-refractivity contribution is 5.86. The number of carboxylic acids is 1. The number of methoxy groups -OCH3 is 1. The van der Waals surface area contributed by atoms with Gasteiger partial charge in [-0.3, -0.25) is 9.59 Å². The number of amides is 2. The molecule has 188 valence electrons. The first-order valence-corrected chi connectivity index (χ1v) is 11.6. The summed E-state index contributed by atoms with van der Waals surface area (Å²) in [6, 6.07) is 15.0. The van der Waals surface area contributed by atoms with Crippen molar-refractivity contribution >= 4 is 18.0 Å². The van der Waals surface area contributed by atoms with Gasteiger partial charge < -0.3 is 29.5 Å². The molecule has 9 heteroatoms. The first kappa shape index (κ1) is 26.2. The minimum atomic E-state index is -1.05. The molecule has 1 aliphatic rings. The molecule has 2 aromatic rings. The molecule has 0 saturated carbocycles.